The summed E-state index contributed by atoms with van der Waals surface area (Å²) in [4.78, 5) is 2.40. The lowest BCUT2D eigenvalue weighted by Crippen LogP contribution is -2.26. The highest BCUT2D eigenvalue weighted by atomic mass is 16.3. The molecule has 2 aliphatic carbocycles. The van der Waals surface area contributed by atoms with Crippen LogP contribution in [0.15, 0.2) is 245 Å². The Labute approximate surface area is 392 Å². The van der Waals surface area contributed by atoms with E-state index in [9.17, 15) is 0 Å². The molecule has 0 saturated carbocycles. The third-order valence-electron chi connectivity index (χ3n) is 14.9. The smallest absolute Gasteiger partial charge is 0.144 e. The minimum absolute atomic E-state index is 0.471. The Hall–Kier alpha value is -8.92. The van der Waals surface area contributed by atoms with E-state index < -0.39 is 5.41 Å². The van der Waals surface area contributed by atoms with Crippen LogP contribution in [0.25, 0.3) is 99.2 Å². The Balaban J connectivity index is 0.969. The maximum absolute atomic E-state index is 7.22. The summed E-state index contributed by atoms with van der Waals surface area (Å²) >= 11 is 0. The Bertz CT molecular complexity index is 4150. The summed E-state index contributed by atoms with van der Waals surface area (Å²) in [6, 6.07) is 86.2. The molecule has 0 amide bonds. The van der Waals surface area contributed by atoms with Gasteiger partial charge in [-0.3, -0.25) is 0 Å². The van der Waals surface area contributed by atoms with Crippen molar-refractivity contribution >= 4 is 71.7 Å². The first-order valence-corrected chi connectivity index (χ1v) is 23.4. The summed E-state index contributed by atoms with van der Waals surface area (Å²) < 4.78 is 13.9. The van der Waals surface area contributed by atoms with Crippen molar-refractivity contribution < 1.29 is 8.83 Å². The number of benzene rings is 11. The summed E-state index contributed by atoms with van der Waals surface area (Å²) in [7, 11) is 0. The fourth-order valence-corrected chi connectivity index (χ4v) is 12.0. The first-order valence-electron chi connectivity index (χ1n) is 23.4. The van der Waals surface area contributed by atoms with Crippen molar-refractivity contribution in [3.63, 3.8) is 0 Å². The second-order valence-electron chi connectivity index (χ2n) is 18.3. The molecule has 3 heteroatoms. The molecule has 0 aliphatic heterocycles. The molecule has 1 spiro atoms. The second kappa shape index (κ2) is 14.0. The third kappa shape index (κ3) is 5.13. The van der Waals surface area contributed by atoms with Gasteiger partial charge in [0, 0.05) is 50.2 Å². The Morgan fingerprint density at radius 2 is 0.882 bits per heavy atom. The van der Waals surface area contributed by atoms with Gasteiger partial charge in [-0.05, 0) is 127 Å². The molecule has 0 radical (unpaired) electrons. The summed E-state index contributed by atoms with van der Waals surface area (Å²) in [6.45, 7) is 0. The maximum Gasteiger partial charge on any atom is 0.144 e. The zero-order valence-corrected chi connectivity index (χ0v) is 36.8. The highest BCUT2D eigenvalue weighted by molar-refractivity contribution is 6.24. The van der Waals surface area contributed by atoms with Crippen molar-refractivity contribution in [1.82, 2.24) is 0 Å². The van der Waals surface area contributed by atoms with Gasteiger partial charge in [-0.2, -0.15) is 0 Å². The van der Waals surface area contributed by atoms with Gasteiger partial charge in [0.2, 0.25) is 0 Å². The lowest BCUT2D eigenvalue weighted by molar-refractivity contribution is 0.664. The molecule has 0 bridgehead atoms. The lowest BCUT2D eigenvalue weighted by atomic mass is 9.70. The van der Waals surface area contributed by atoms with E-state index in [0.717, 1.165) is 72.1 Å². The molecule has 0 unspecified atom stereocenters. The van der Waals surface area contributed by atoms with Gasteiger partial charge in [0.1, 0.15) is 22.3 Å². The molecule has 0 saturated heterocycles. The van der Waals surface area contributed by atoms with Gasteiger partial charge in [0.15, 0.2) is 0 Å². The minimum Gasteiger partial charge on any atom is -0.456 e. The van der Waals surface area contributed by atoms with Crippen LogP contribution in [0, 0.1) is 0 Å². The monoisotopic (exact) mass is 865 g/mol. The van der Waals surface area contributed by atoms with E-state index in [1.54, 1.807) is 0 Å². The van der Waals surface area contributed by atoms with E-state index in [4.69, 9.17) is 8.83 Å². The van der Waals surface area contributed by atoms with Gasteiger partial charge in [-0.1, -0.05) is 176 Å². The first kappa shape index (κ1) is 37.3. The van der Waals surface area contributed by atoms with Crippen molar-refractivity contribution in [2.45, 2.75) is 5.41 Å². The van der Waals surface area contributed by atoms with Crippen molar-refractivity contribution in [2.24, 2.45) is 0 Å². The Morgan fingerprint density at radius 1 is 0.309 bits per heavy atom. The largest absolute Gasteiger partial charge is 0.456 e. The van der Waals surface area contributed by atoms with Gasteiger partial charge < -0.3 is 13.7 Å². The quantitative estimate of drug-likeness (QED) is 0.173. The minimum atomic E-state index is -0.471. The van der Waals surface area contributed by atoms with Gasteiger partial charge in [0.05, 0.1) is 5.41 Å². The summed E-state index contributed by atoms with van der Waals surface area (Å²) in [5.41, 5.74) is 20.9. The Morgan fingerprint density at radius 3 is 1.63 bits per heavy atom. The SMILES string of the molecule is c1ccc(-c2ccc(N(c3ccc4c(c3)C3(c5ccccc5-c5ccccc53)c3ccccc3-4)c3ccc4c(c3)oc3c(-c5ccc6ccccc6c5)c5c(cc34)oc3ccccc35)cc2)cc1. The van der Waals surface area contributed by atoms with Crippen LogP contribution in [0.2, 0.25) is 0 Å². The van der Waals surface area contributed by atoms with Gasteiger partial charge in [-0.15, -0.1) is 0 Å². The molecule has 316 valence electrons. The summed E-state index contributed by atoms with van der Waals surface area (Å²) in [6.07, 6.45) is 0. The molecule has 15 rings (SSSR count). The molecule has 68 heavy (non-hydrogen) atoms. The first-order chi connectivity index (χ1) is 33.7. The van der Waals surface area contributed by atoms with Crippen LogP contribution in [0.1, 0.15) is 22.3 Å². The van der Waals surface area contributed by atoms with Crippen molar-refractivity contribution in [1.29, 1.82) is 0 Å². The van der Waals surface area contributed by atoms with Crippen LogP contribution in [0.4, 0.5) is 17.1 Å². The number of para-hydroxylation sites is 1. The number of furan rings is 2. The molecule has 0 N–H and O–H groups in total. The standard InChI is InChI=1S/C65H39NO2/c1-2-14-40(15-3-1)42-28-30-45(31-29-42)66(46-32-34-51-50-20-8-12-24-57(50)65(58(51)37-46)55-22-10-6-18-48(55)49-19-7-11-23-56(49)65)47-33-35-52-54-39-61-63(53-21-9-13-25-59(53)67-61)62(64(54)68-60(52)38-47)44-27-26-41-16-4-5-17-43(41)36-44/h1-39H. The fourth-order valence-electron chi connectivity index (χ4n) is 12.0. The van der Waals surface area contributed by atoms with E-state index in [0.29, 0.717) is 0 Å². The van der Waals surface area contributed by atoms with Gasteiger partial charge >= 0.3 is 0 Å². The Kier molecular flexibility index (Phi) is 7.71. The second-order valence-corrected chi connectivity index (χ2v) is 18.3. The van der Waals surface area contributed by atoms with E-state index in [-0.39, 0.29) is 0 Å². The zero-order valence-electron chi connectivity index (χ0n) is 36.8. The normalized spacial score (nSPS) is 13.1. The van der Waals surface area contributed by atoms with Gasteiger partial charge in [0.25, 0.3) is 0 Å². The highest BCUT2D eigenvalue weighted by Crippen LogP contribution is 2.63. The fraction of sp³-hybridized carbons (Fsp3) is 0.0154. The van der Waals surface area contributed by atoms with Crippen LogP contribution in [0.3, 0.4) is 0 Å². The maximum atomic E-state index is 7.22. The van der Waals surface area contributed by atoms with Crippen molar-refractivity contribution in [3.05, 3.63) is 259 Å². The average Bonchev–Trinajstić information content (AvgIpc) is 4.13. The van der Waals surface area contributed by atoms with Crippen LogP contribution in [-0.2, 0) is 5.41 Å². The van der Waals surface area contributed by atoms with Crippen LogP contribution >= 0.6 is 0 Å². The molecular formula is C65H39NO2. The van der Waals surface area contributed by atoms with Gasteiger partial charge in [-0.25, -0.2) is 0 Å². The molecule has 0 atom stereocenters. The molecule has 0 fully saturated rings. The van der Waals surface area contributed by atoms with Crippen LogP contribution < -0.4 is 4.90 Å². The molecule has 13 aromatic rings. The predicted molar refractivity (Wildman–Crippen MR) is 280 cm³/mol. The van der Waals surface area contributed by atoms with Crippen molar-refractivity contribution in [3.8, 4) is 44.5 Å². The summed E-state index contributed by atoms with van der Waals surface area (Å²) in [5, 5.41) is 6.57. The number of rotatable bonds is 5. The van der Waals surface area contributed by atoms with Crippen molar-refractivity contribution in [2.75, 3.05) is 4.90 Å². The molecule has 11 aromatic carbocycles. The molecule has 2 aliphatic rings. The number of fused-ring (bicyclic) bond motifs is 17. The lowest BCUT2D eigenvalue weighted by Gasteiger charge is -2.32. The number of anilines is 3. The van der Waals surface area contributed by atoms with Crippen LogP contribution in [-0.4, -0.2) is 0 Å². The third-order valence-corrected chi connectivity index (χ3v) is 14.9. The predicted octanol–water partition coefficient (Wildman–Crippen LogP) is 17.8. The zero-order chi connectivity index (χ0) is 44.5. The highest BCUT2D eigenvalue weighted by Gasteiger charge is 2.51. The van der Waals surface area contributed by atoms with E-state index in [1.165, 1.54) is 66.4 Å². The summed E-state index contributed by atoms with van der Waals surface area (Å²) in [5.74, 6) is 0. The van der Waals surface area contributed by atoms with E-state index >= 15 is 0 Å². The van der Waals surface area contributed by atoms with E-state index in [2.05, 4.69) is 235 Å². The molecular weight excluding hydrogens is 827 g/mol. The van der Waals surface area contributed by atoms with Crippen LogP contribution in [0.5, 0.6) is 0 Å². The number of nitrogens with zero attached hydrogens (tertiary/aromatic N) is 1. The molecule has 2 heterocycles. The topological polar surface area (TPSA) is 29.5 Å². The average molecular weight is 866 g/mol. The molecule has 2 aromatic heterocycles. The number of hydrogen-bond donors (Lipinski definition) is 0. The number of hydrogen-bond acceptors (Lipinski definition) is 3. The van der Waals surface area contributed by atoms with E-state index in [1.807, 2.05) is 6.07 Å². The molecule has 3 nitrogen and oxygen atoms in total.